The molecule has 0 N–H and O–H groups in total. The Bertz CT molecular complexity index is 1580. The quantitative estimate of drug-likeness (QED) is 0.331. The summed E-state index contributed by atoms with van der Waals surface area (Å²) < 4.78 is 0. The summed E-state index contributed by atoms with van der Waals surface area (Å²) in [7, 11) is 0. The van der Waals surface area contributed by atoms with Crippen molar-refractivity contribution in [1.82, 2.24) is 0 Å². The minimum Gasteiger partial charge on any atom is -0.0955 e. The maximum absolute atomic E-state index is 4.91. The highest BCUT2D eigenvalue weighted by molar-refractivity contribution is 5.90. The van der Waals surface area contributed by atoms with Gasteiger partial charge in [-0.2, -0.15) is 0 Å². The molecule has 0 unspecified atom stereocenters. The molecule has 222 valence electrons. The zero-order valence-corrected chi connectivity index (χ0v) is 28.3. The van der Waals surface area contributed by atoms with E-state index in [2.05, 4.69) is 106 Å². The molecule has 3 aliphatic rings. The first kappa shape index (κ1) is 30.6. The molecule has 0 saturated heterocycles. The first-order valence-corrected chi connectivity index (χ1v) is 16.3. The minimum absolute atomic E-state index is 0.0217. The highest BCUT2D eigenvalue weighted by atomic mass is 14.6. The first-order valence-electron chi connectivity index (χ1n) is 16.3. The third-order valence-corrected chi connectivity index (χ3v) is 11.7. The zero-order chi connectivity index (χ0) is 30.9. The number of fused-ring (bicyclic) bond motifs is 3. The van der Waals surface area contributed by atoms with Crippen LogP contribution in [0.3, 0.4) is 0 Å². The lowest BCUT2D eigenvalue weighted by molar-refractivity contribution is 0.0544. The second kappa shape index (κ2) is 10.4. The fourth-order valence-corrected chi connectivity index (χ4v) is 9.59. The van der Waals surface area contributed by atoms with E-state index in [0.717, 1.165) is 37.7 Å². The molecular weight excluding hydrogens is 504 g/mol. The summed E-state index contributed by atoms with van der Waals surface area (Å²) in [4.78, 5) is 0. The van der Waals surface area contributed by atoms with Crippen molar-refractivity contribution in [2.45, 2.75) is 108 Å². The van der Waals surface area contributed by atoms with Gasteiger partial charge in [0.05, 0.1) is 0 Å². The van der Waals surface area contributed by atoms with Gasteiger partial charge in [0.2, 0.25) is 0 Å². The van der Waals surface area contributed by atoms with E-state index in [1.54, 1.807) is 0 Å². The van der Waals surface area contributed by atoms with Crippen LogP contribution in [-0.4, -0.2) is 0 Å². The number of allylic oxidation sites excluding steroid dienone is 7. The number of hydrogen-bond acceptors (Lipinski definition) is 0. The Morgan fingerprint density at radius 3 is 2.26 bits per heavy atom. The van der Waals surface area contributed by atoms with Gasteiger partial charge in [-0.25, -0.2) is 0 Å². The molecule has 0 heterocycles. The smallest absolute Gasteiger partial charge is 0.0194 e. The van der Waals surface area contributed by atoms with Crippen molar-refractivity contribution in [1.29, 1.82) is 0 Å². The molecule has 0 radical (unpaired) electrons. The van der Waals surface area contributed by atoms with Crippen LogP contribution < -0.4 is 0 Å². The molecule has 0 heteroatoms. The molecule has 3 aliphatic carbocycles. The van der Waals surface area contributed by atoms with E-state index < -0.39 is 0 Å². The van der Waals surface area contributed by atoms with Crippen LogP contribution in [0.4, 0.5) is 0 Å². The van der Waals surface area contributed by atoms with E-state index in [4.69, 9.17) is 13.2 Å². The van der Waals surface area contributed by atoms with Crippen LogP contribution in [-0.2, 0) is 19.3 Å². The lowest BCUT2D eigenvalue weighted by Gasteiger charge is -2.62. The average molecular weight is 559 g/mol. The normalized spacial score (nSPS) is 27.3. The van der Waals surface area contributed by atoms with Crippen molar-refractivity contribution in [3.8, 4) is 11.1 Å². The SMILES string of the molecule is C=C(C)C1=C(C)C[C@@]2(C)C[C@@]3(C)Cc4c(-c5cc(CCC(C)C)ccc5CC)ccc(C)c4C(=C)C3=C(C)[C@@]2(C)C1=C. The van der Waals surface area contributed by atoms with Crippen LogP contribution in [0.2, 0.25) is 0 Å². The Hall–Kier alpha value is -2.86. The fraction of sp³-hybridized carbons (Fsp3) is 0.476. The molecule has 0 aliphatic heterocycles. The van der Waals surface area contributed by atoms with Crippen LogP contribution in [0.1, 0.15) is 109 Å². The zero-order valence-electron chi connectivity index (χ0n) is 28.3. The molecule has 0 fully saturated rings. The van der Waals surface area contributed by atoms with Gasteiger partial charge in [0.15, 0.2) is 0 Å². The van der Waals surface area contributed by atoms with Gasteiger partial charge < -0.3 is 0 Å². The minimum atomic E-state index is -0.123. The molecule has 2 aromatic carbocycles. The number of aryl methyl sites for hydroxylation is 3. The van der Waals surface area contributed by atoms with Crippen molar-refractivity contribution in [2.24, 2.45) is 22.2 Å². The molecule has 0 saturated carbocycles. The summed E-state index contributed by atoms with van der Waals surface area (Å²) in [6.07, 6.45) is 6.67. The third-order valence-electron chi connectivity index (χ3n) is 11.7. The number of benzene rings is 2. The van der Waals surface area contributed by atoms with Gasteiger partial charge in [0, 0.05) is 5.41 Å². The van der Waals surface area contributed by atoms with Crippen molar-refractivity contribution >= 4 is 5.57 Å². The van der Waals surface area contributed by atoms with E-state index in [-0.39, 0.29) is 16.2 Å². The second-order valence-electron chi connectivity index (χ2n) is 15.2. The molecule has 0 spiro atoms. The monoisotopic (exact) mass is 558 g/mol. The summed E-state index contributed by atoms with van der Waals surface area (Å²) in [5.41, 5.74) is 19.3. The van der Waals surface area contributed by atoms with Gasteiger partial charge in [-0.05, 0) is 144 Å². The molecule has 5 rings (SSSR count). The highest BCUT2D eigenvalue weighted by Crippen LogP contribution is 2.70. The first-order chi connectivity index (χ1) is 19.6. The summed E-state index contributed by atoms with van der Waals surface area (Å²) >= 11 is 0. The van der Waals surface area contributed by atoms with Crippen LogP contribution in [0, 0.1) is 29.1 Å². The van der Waals surface area contributed by atoms with Crippen LogP contribution in [0.25, 0.3) is 16.7 Å². The molecule has 0 bridgehead atoms. The largest absolute Gasteiger partial charge is 0.0955 e. The molecule has 0 nitrogen and oxygen atoms in total. The second-order valence-corrected chi connectivity index (χ2v) is 15.2. The van der Waals surface area contributed by atoms with Crippen LogP contribution >= 0.6 is 0 Å². The highest BCUT2D eigenvalue weighted by Gasteiger charge is 2.59. The van der Waals surface area contributed by atoms with Gasteiger partial charge in [0.25, 0.3) is 0 Å². The molecule has 2 aromatic rings. The fourth-order valence-electron chi connectivity index (χ4n) is 9.59. The van der Waals surface area contributed by atoms with Gasteiger partial charge in [-0.1, -0.05) is 108 Å². The van der Waals surface area contributed by atoms with Gasteiger partial charge in [-0.15, -0.1) is 0 Å². The molecular formula is C42H54. The summed E-state index contributed by atoms with van der Waals surface area (Å²) in [5, 5.41) is 0. The van der Waals surface area contributed by atoms with E-state index in [1.165, 1.54) is 78.8 Å². The van der Waals surface area contributed by atoms with E-state index >= 15 is 0 Å². The lowest BCUT2D eigenvalue weighted by Crippen LogP contribution is -2.52. The Balaban J connectivity index is 1.72. The lowest BCUT2D eigenvalue weighted by atomic mass is 9.41. The third kappa shape index (κ3) is 4.39. The molecule has 0 amide bonds. The van der Waals surface area contributed by atoms with Crippen molar-refractivity contribution in [3.63, 3.8) is 0 Å². The summed E-state index contributed by atoms with van der Waals surface area (Å²) in [6, 6.07) is 12.0. The Kier molecular flexibility index (Phi) is 7.57. The summed E-state index contributed by atoms with van der Waals surface area (Å²) in [5.74, 6) is 0.710. The topological polar surface area (TPSA) is 0 Å². The van der Waals surface area contributed by atoms with Crippen molar-refractivity contribution < 1.29 is 0 Å². The van der Waals surface area contributed by atoms with Gasteiger partial charge in [-0.3, -0.25) is 0 Å². The predicted molar refractivity (Wildman–Crippen MR) is 185 cm³/mol. The van der Waals surface area contributed by atoms with E-state index in [9.17, 15) is 0 Å². The molecule has 42 heavy (non-hydrogen) atoms. The average Bonchev–Trinajstić information content (AvgIpc) is 2.89. The summed E-state index contributed by atoms with van der Waals surface area (Å²) in [6.45, 7) is 37.7. The standard InChI is InChI=1S/C42H54/c1-14-33-19-18-32(17-15-25(2)3)21-35(33)34-20-16-27(6)38-29(8)39-31(10)42(13)30(9)37(26(4)5)28(7)22-41(42,12)24-40(39,11)23-36(34)38/h16,18-21,25H,4,8-9,14-15,17,22-24H2,1-3,5-7,10-13H3/t40-,41+,42-/m1/s1. The van der Waals surface area contributed by atoms with Crippen molar-refractivity contribution in [2.75, 3.05) is 0 Å². The van der Waals surface area contributed by atoms with Crippen LogP contribution in [0.5, 0.6) is 0 Å². The maximum Gasteiger partial charge on any atom is 0.0194 e. The Morgan fingerprint density at radius 1 is 0.952 bits per heavy atom. The van der Waals surface area contributed by atoms with Gasteiger partial charge >= 0.3 is 0 Å². The Morgan fingerprint density at radius 2 is 1.64 bits per heavy atom. The van der Waals surface area contributed by atoms with Gasteiger partial charge in [0.1, 0.15) is 0 Å². The Labute approximate surface area is 257 Å². The van der Waals surface area contributed by atoms with E-state index in [0.29, 0.717) is 5.92 Å². The van der Waals surface area contributed by atoms with Crippen molar-refractivity contribution in [3.05, 3.63) is 111 Å². The maximum atomic E-state index is 4.91. The number of rotatable bonds is 6. The molecule has 0 aromatic heterocycles. The van der Waals surface area contributed by atoms with E-state index in [1.807, 2.05) is 0 Å². The molecule has 3 atom stereocenters. The predicted octanol–water partition coefficient (Wildman–Crippen LogP) is 12.0. The van der Waals surface area contributed by atoms with Crippen LogP contribution in [0.15, 0.2) is 83.5 Å². The number of hydrogen-bond donors (Lipinski definition) is 0.